The Morgan fingerprint density at radius 2 is 2.00 bits per heavy atom. The average Bonchev–Trinajstić information content (AvgIpc) is 2.73. The minimum absolute atomic E-state index is 0.234. The summed E-state index contributed by atoms with van der Waals surface area (Å²) in [6.45, 7) is 1.96. The lowest BCUT2D eigenvalue weighted by Crippen LogP contribution is -2.58. The highest BCUT2D eigenvalue weighted by Gasteiger charge is 2.56. The standard InChI is InChI=1S/C19H17NO5/c1-3-24-19(22)16-17-12-9-8-11(23-2)10-15(12)25-14-7-5-4-6-13(14)20(17)18(16)21/h4-10,16-17H,3H2,1-2H3/t16-,17-/m1/s1. The molecule has 2 aliphatic heterocycles. The molecule has 6 heteroatoms. The van der Waals surface area contributed by atoms with Crippen LogP contribution in [0.1, 0.15) is 18.5 Å². The third-order valence-electron chi connectivity index (χ3n) is 4.52. The zero-order valence-corrected chi connectivity index (χ0v) is 13.9. The van der Waals surface area contributed by atoms with Crippen molar-refractivity contribution >= 4 is 17.6 Å². The van der Waals surface area contributed by atoms with E-state index in [9.17, 15) is 9.59 Å². The molecule has 1 amide bonds. The maximum Gasteiger partial charge on any atom is 0.321 e. The second-order valence-corrected chi connectivity index (χ2v) is 5.86. The minimum Gasteiger partial charge on any atom is -0.497 e. The van der Waals surface area contributed by atoms with Gasteiger partial charge in [-0.3, -0.25) is 14.5 Å². The number of rotatable bonds is 3. The van der Waals surface area contributed by atoms with Crippen LogP contribution in [0, 0.1) is 5.92 Å². The molecule has 4 rings (SSSR count). The minimum atomic E-state index is -0.859. The molecule has 0 N–H and O–H groups in total. The second kappa shape index (κ2) is 5.81. The van der Waals surface area contributed by atoms with Gasteiger partial charge in [0.2, 0.25) is 5.91 Å². The van der Waals surface area contributed by atoms with E-state index in [1.807, 2.05) is 24.3 Å². The van der Waals surface area contributed by atoms with Gasteiger partial charge in [-0.25, -0.2) is 0 Å². The van der Waals surface area contributed by atoms with Gasteiger partial charge in [0.05, 0.1) is 25.4 Å². The number of carbonyl (C=O) groups is 2. The molecule has 1 fully saturated rings. The van der Waals surface area contributed by atoms with Crippen LogP contribution in [0.15, 0.2) is 42.5 Å². The van der Waals surface area contributed by atoms with Gasteiger partial charge in [0.1, 0.15) is 11.5 Å². The Hall–Kier alpha value is -3.02. The first-order valence-corrected chi connectivity index (χ1v) is 8.10. The Morgan fingerprint density at radius 1 is 1.20 bits per heavy atom. The van der Waals surface area contributed by atoms with E-state index < -0.39 is 17.9 Å². The van der Waals surface area contributed by atoms with Gasteiger partial charge in [-0.2, -0.15) is 0 Å². The summed E-state index contributed by atoms with van der Waals surface area (Å²) in [6, 6.07) is 12.2. The number of hydrogen-bond acceptors (Lipinski definition) is 5. The molecule has 0 aliphatic carbocycles. The summed E-state index contributed by atoms with van der Waals surface area (Å²) >= 11 is 0. The molecule has 0 spiro atoms. The summed E-state index contributed by atoms with van der Waals surface area (Å²) in [5.74, 6) is 0.138. The van der Waals surface area contributed by atoms with Gasteiger partial charge in [0.15, 0.2) is 11.7 Å². The molecule has 2 aromatic carbocycles. The highest BCUT2D eigenvalue weighted by molar-refractivity contribution is 6.15. The fraction of sp³-hybridized carbons (Fsp3) is 0.263. The number of anilines is 1. The summed E-state index contributed by atoms with van der Waals surface area (Å²) in [7, 11) is 1.58. The number of benzene rings is 2. The second-order valence-electron chi connectivity index (χ2n) is 5.86. The van der Waals surface area contributed by atoms with Crippen molar-refractivity contribution in [3.63, 3.8) is 0 Å². The van der Waals surface area contributed by atoms with Crippen LogP contribution in [0.4, 0.5) is 5.69 Å². The number of hydrogen-bond donors (Lipinski definition) is 0. The van der Waals surface area contributed by atoms with E-state index in [0.717, 1.165) is 5.56 Å². The SMILES string of the molecule is CCOC(=O)[C@H]1C(=O)N2c3ccccc3Oc3cc(OC)ccc3[C@H]12. The van der Waals surface area contributed by atoms with Crippen molar-refractivity contribution < 1.29 is 23.8 Å². The molecule has 2 aromatic rings. The predicted octanol–water partition coefficient (Wildman–Crippen LogP) is 3.07. The Labute approximate surface area is 144 Å². The number of β-lactam (4-membered cyclic amide) rings is 1. The molecule has 2 atom stereocenters. The van der Waals surface area contributed by atoms with Crippen LogP contribution in [0.2, 0.25) is 0 Å². The van der Waals surface area contributed by atoms with E-state index in [0.29, 0.717) is 22.9 Å². The summed E-state index contributed by atoms with van der Waals surface area (Å²) in [5.41, 5.74) is 1.41. The lowest BCUT2D eigenvalue weighted by molar-refractivity contribution is -0.157. The van der Waals surface area contributed by atoms with Crippen LogP contribution in [-0.2, 0) is 14.3 Å². The van der Waals surface area contributed by atoms with Crippen LogP contribution < -0.4 is 14.4 Å². The monoisotopic (exact) mass is 339 g/mol. The summed E-state index contributed by atoms with van der Waals surface area (Å²) in [6.07, 6.45) is 0. The zero-order valence-electron chi connectivity index (χ0n) is 13.9. The van der Waals surface area contributed by atoms with Crippen molar-refractivity contribution in [1.82, 2.24) is 0 Å². The van der Waals surface area contributed by atoms with Crippen molar-refractivity contribution in [2.24, 2.45) is 5.92 Å². The van der Waals surface area contributed by atoms with E-state index in [4.69, 9.17) is 14.2 Å². The molecule has 0 unspecified atom stereocenters. The fourth-order valence-electron chi connectivity index (χ4n) is 3.37. The Balaban J connectivity index is 1.86. The van der Waals surface area contributed by atoms with Crippen LogP contribution in [0.25, 0.3) is 0 Å². The number of methoxy groups -OCH3 is 1. The molecule has 0 aromatic heterocycles. The largest absolute Gasteiger partial charge is 0.497 e. The molecule has 6 nitrogen and oxygen atoms in total. The Bertz CT molecular complexity index is 863. The average molecular weight is 339 g/mol. The van der Waals surface area contributed by atoms with Crippen molar-refractivity contribution in [2.75, 3.05) is 18.6 Å². The predicted molar refractivity (Wildman–Crippen MR) is 89.9 cm³/mol. The van der Waals surface area contributed by atoms with Gasteiger partial charge in [-0.15, -0.1) is 0 Å². The quantitative estimate of drug-likeness (QED) is 0.488. The molecule has 25 heavy (non-hydrogen) atoms. The van der Waals surface area contributed by atoms with Gasteiger partial charge in [-0.05, 0) is 31.2 Å². The molecule has 1 saturated heterocycles. The van der Waals surface area contributed by atoms with Crippen molar-refractivity contribution in [3.8, 4) is 17.2 Å². The third kappa shape index (κ3) is 2.25. The maximum absolute atomic E-state index is 12.7. The Morgan fingerprint density at radius 3 is 2.76 bits per heavy atom. The van der Waals surface area contributed by atoms with Gasteiger partial charge in [0, 0.05) is 11.6 Å². The molecule has 128 valence electrons. The van der Waals surface area contributed by atoms with Gasteiger partial charge in [0.25, 0.3) is 0 Å². The van der Waals surface area contributed by atoms with Crippen LogP contribution in [0.5, 0.6) is 17.2 Å². The van der Waals surface area contributed by atoms with Crippen molar-refractivity contribution in [1.29, 1.82) is 0 Å². The van der Waals surface area contributed by atoms with Gasteiger partial charge < -0.3 is 14.2 Å². The van der Waals surface area contributed by atoms with Crippen LogP contribution >= 0.6 is 0 Å². The van der Waals surface area contributed by atoms with Gasteiger partial charge in [-0.1, -0.05) is 12.1 Å². The number of nitrogens with zero attached hydrogens (tertiary/aromatic N) is 1. The first-order chi connectivity index (χ1) is 12.2. The highest BCUT2D eigenvalue weighted by Crippen LogP contribution is 2.53. The number of amides is 1. The van der Waals surface area contributed by atoms with Crippen molar-refractivity contribution in [3.05, 3.63) is 48.0 Å². The fourth-order valence-corrected chi connectivity index (χ4v) is 3.37. The van der Waals surface area contributed by atoms with Crippen LogP contribution in [-0.4, -0.2) is 25.6 Å². The van der Waals surface area contributed by atoms with Crippen molar-refractivity contribution in [2.45, 2.75) is 13.0 Å². The van der Waals surface area contributed by atoms with E-state index in [-0.39, 0.29) is 12.5 Å². The van der Waals surface area contributed by atoms with E-state index in [1.165, 1.54) is 0 Å². The molecule has 0 bridgehead atoms. The topological polar surface area (TPSA) is 65.1 Å². The molecule has 0 saturated carbocycles. The number of ether oxygens (including phenoxy) is 3. The molecular formula is C19H17NO5. The number of fused-ring (bicyclic) bond motifs is 5. The number of carbonyl (C=O) groups excluding carboxylic acids is 2. The molecule has 2 heterocycles. The maximum atomic E-state index is 12.7. The van der Waals surface area contributed by atoms with Gasteiger partial charge >= 0.3 is 5.97 Å². The van der Waals surface area contributed by atoms with E-state index >= 15 is 0 Å². The Kier molecular flexibility index (Phi) is 3.60. The smallest absolute Gasteiger partial charge is 0.321 e. The van der Waals surface area contributed by atoms with Crippen LogP contribution in [0.3, 0.4) is 0 Å². The number of esters is 1. The molecular weight excluding hydrogens is 322 g/mol. The first-order valence-electron chi connectivity index (χ1n) is 8.10. The first kappa shape index (κ1) is 15.5. The highest BCUT2D eigenvalue weighted by atomic mass is 16.5. The van der Waals surface area contributed by atoms with E-state index in [2.05, 4.69) is 0 Å². The third-order valence-corrected chi connectivity index (χ3v) is 4.52. The summed E-state index contributed by atoms with van der Waals surface area (Å²) in [5, 5.41) is 0. The number of para-hydroxylation sites is 2. The normalized spacial score (nSPS) is 20.2. The lowest BCUT2D eigenvalue weighted by atomic mass is 9.81. The lowest BCUT2D eigenvalue weighted by Gasteiger charge is -2.44. The van der Waals surface area contributed by atoms with E-state index in [1.54, 1.807) is 37.1 Å². The summed E-state index contributed by atoms with van der Waals surface area (Å²) < 4.78 is 16.4. The molecule has 0 radical (unpaired) electrons. The molecule has 2 aliphatic rings. The summed E-state index contributed by atoms with van der Waals surface area (Å²) in [4.78, 5) is 26.6. The zero-order chi connectivity index (χ0) is 17.6.